The zero-order valence-electron chi connectivity index (χ0n) is 17.2. The monoisotopic (exact) mass is 420 g/mol. The number of carbonyl (C=O) groups excluding carboxylic acids is 1. The molecule has 0 fully saturated rings. The van der Waals surface area contributed by atoms with E-state index in [0.717, 1.165) is 11.1 Å². The molecule has 4 rings (SSSR count). The Hall–Kier alpha value is -3.81. The standard InChI is InChI=1S/C23H21FN4O3/c1-3-18-26-22(30-13-19(29)25-12-15-6-4-14(2)5-7-15)20-21(28-31-23(20)27-18)16-8-10-17(24)11-9-16/h4-11H,3,12-13H2,1-2H3,(H,25,29). The van der Waals surface area contributed by atoms with Crippen LogP contribution in [0.3, 0.4) is 0 Å². The van der Waals surface area contributed by atoms with Crippen molar-refractivity contribution >= 4 is 17.0 Å². The fourth-order valence-corrected chi connectivity index (χ4v) is 3.02. The maximum Gasteiger partial charge on any atom is 0.265 e. The van der Waals surface area contributed by atoms with E-state index in [0.29, 0.717) is 35.4 Å². The second kappa shape index (κ2) is 8.91. The number of rotatable bonds is 7. The van der Waals surface area contributed by atoms with Crippen LogP contribution < -0.4 is 10.1 Å². The number of benzene rings is 2. The molecule has 4 aromatic rings. The lowest BCUT2D eigenvalue weighted by Gasteiger charge is -2.09. The lowest BCUT2D eigenvalue weighted by Crippen LogP contribution is -2.28. The number of carbonyl (C=O) groups is 1. The van der Waals surface area contributed by atoms with Crippen LogP contribution in [0.1, 0.15) is 23.9 Å². The Morgan fingerprint density at radius 3 is 2.55 bits per heavy atom. The second-order valence-electron chi connectivity index (χ2n) is 7.07. The van der Waals surface area contributed by atoms with Crippen LogP contribution in [0.2, 0.25) is 0 Å². The second-order valence-corrected chi connectivity index (χ2v) is 7.07. The fourth-order valence-electron chi connectivity index (χ4n) is 3.02. The van der Waals surface area contributed by atoms with Gasteiger partial charge < -0.3 is 14.6 Å². The van der Waals surface area contributed by atoms with Gasteiger partial charge in [0.05, 0.1) is 0 Å². The number of amides is 1. The molecule has 2 aromatic heterocycles. The highest BCUT2D eigenvalue weighted by molar-refractivity contribution is 5.93. The third kappa shape index (κ3) is 4.69. The fraction of sp³-hybridized carbons (Fsp3) is 0.217. The highest BCUT2D eigenvalue weighted by Gasteiger charge is 2.20. The summed E-state index contributed by atoms with van der Waals surface area (Å²) in [6, 6.07) is 13.7. The lowest BCUT2D eigenvalue weighted by atomic mass is 10.1. The van der Waals surface area contributed by atoms with E-state index in [2.05, 4.69) is 20.4 Å². The van der Waals surface area contributed by atoms with Crippen LogP contribution in [-0.2, 0) is 17.8 Å². The molecule has 8 heteroatoms. The molecule has 0 spiro atoms. The molecule has 2 aromatic carbocycles. The van der Waals surface area contributed by atoms with Gasteiger partial charge in [-0.25, -0.2) is 4.39 Å². The van der Waals surface area contributed by atoms with Crippen LogP contribution in [-0.4, -0.2) is 27.6 Å². The van der Waals surface area contributed by atoms with Crippen molar-refractivity contribution in [3.8, 4) is 17.1 Å². The summed E-state index contributed by atoms with van der Waals surface area (Å²) in [7, 11) is 0. The zero-order valence-corrected chi connectivity index (χ0v) is 17.2. The first-order valence-corrected chi connectivity index (χ1v) is 9.90. The number of nitrogens with zero attached hydrogens (tertiary/aromatic N) is 3. The molecular weight excluding hydrogens is 399 g/mol. The minimum Gasteiger partial charge on any atom is -0.467 e. The first-order valence-electron chi connectivity index (χ1n) is 9.90. The van der Waals surface area contributed by atoms with Crippen molar-refractivity contribution in [2.75, 3.05) is 6.61 Å². The first-order chi connectivity index (χ1) is 15.0. The van der Waals surface area contributed by atoms with Crippen LogP contribution in [0.15, 0.2) is 53.1 Å². The van der Waals surface area contributed by atoms with E-state index >= 15 is 0 Å². The van der Waals surface area contributed by atoms with Crippen molar-refractivity contribution in [1.29, 1.82) is 0 Å². The number of aryl methyl sites for hydroxylation is 2. The van der Waals surface area contributed by atoms with Gasteiger partial charge in [0.1, 0.15) is 22.7 Å². The topological polar surface area (TPSA) is 90.1 Å². The van der Waals surface area contributed by atoms with E-state index in [1.807, 2.05) is 38.1 Å². The predicted molar refractivity (Wildman–Crippen MR) is 113 cm³/mol. The van der Waals surface area contributed by atoms with Crippen LogP contribution in [0.5, 0.6) is 5.88 Å². The Morgan fingerprint density at radius 1 is 1.10 bits per heavy atom. The van der Waals surface area contributed by atoms with Crippen molar-refractivity contribution in [3.05, 3.63) is 71.3 Å². The van der Waals surface area contributed by atoms with Gasteiger partial charge in [0.25, 0.3) is 11.6 Å². The number of ether oxygens (including phenoxy) is 1. The van der Waals surface area contributed by atoms with Crippen molar-refractivity contribution in [2.45, 2.75) is 26.8 Å². The number of aromatic nitrogens is 3. The van der Waals surface area contributed by atoms with E-state index in [-0.39, 0.29) is 29.9 Å². The molecule has 7 nitrogen and oxygen atoms in total. The number of hydrogen-bond acceptors (Lipinski definition) is 6. The van der Waals surface area contributed by atoms with Gasteiger partial charge in [-0.15, -0.1) is 0 Å². The van der Waals surface area contributed by atoms with Crippen LogP contribution in [0.4, 0.5) is 4.39 Å². The molecule has 0 radical (unpaired) electrons. The summed E-state index contributed by atoms with van der Waals surface area (Å²) in [6.45, 7) is 4.08. The number of halogens is 1. The highest BCUT2D eigenvalue weighted by Crippen LogP contribution is 2.33. The van der Waals surface area contributed by atoms with E-state index in [4.69, 9.17) is 9.26 Å². The molecule has 0 bridgehead atoms. The average Bonchev–Trinajstić information content (AvgIpc) is 3.21. The highest BCUT2D eigenvalue weighted by atomic mass is 19.1. The van der Waals surface area contributed by atoms with Crippen molar-refractivity contribution in [2.24, 2.45) is 0 Å². The Bertz CT molecular complexity index is 1200. The molecule has 2 heterocycles. The molecule has 0 aliphatic carbocycles. The summed E-state index contributed by atoms with van der Waals surface area (Å²) in [5.41, 5.74) is 3.45. The van der Waals surface area contributed by atoms with Gasteiger partial charge in [-0.2, -0.15) is 9.97 Å². The van der Waals surface area contributed by atoms with Crippen molar-refractivity contribution in [3.63, 3.8) is 0 Å². The Morgan fingerprint density at radius 2 is 1.84 bits per heavy atom. The van der Waals surface area contributed by atoms with Crippen LogP contribution in [0.25, 0.3) is 22.4 Å². The molecule has 158 valence electrons. The SMILES string of the molecule is CCc1nc(OCC(=O)NCc2ccc(C)cc2)c2c(-c3ccc(F)cc3)noc2n1. The molecule has 31 heavy (non-hydrogen) atoms. The van der Waals surface area contributed by atoms with Gasteiger partial charge in [-0.3, -0.25) is 4.79 Å². The number of nitrogens with one attached hydrogen (secondary N) is 1. The van der Waals surface area contributed by atoms with E-state index in [1.54, 1.807) is 12.1 Å². The minimum atomic E-state index is -0.359. The van der Waals surface area contributed by atoms with E-state index in [9.17, 15) is 9.18 Å². The summed E-state index contributed by atoms with van der Waals surface area (Å²) < 4.78 is 24.4. The molecule has 0 saturated heterocycles. The van der Waals surface area contributed by atoms with Crippen LogP contribution >= 0.6 is 0 Å². The van der Waals surface area contributed by atoms with Gasteiger partial charge in [-0.1, -0.05) is 41.9 Å². The molecular formula is C23H21FN4O3. The number of hydrogen-bond donors (Lipinski definition) is 1. The normalized spacial score (nSPS) is 10.9. The quantitative estimate of drug-likeness (QED) is 0.486. The van der Waals surface area contributed by atoms with Crippen molar-refractivity contribution in [1.82, 2.24) is 20.4 Å². The summed E-state index contributed by atoms with van der Waals surface area (Å²) in [4.78, 5) is 21.1. The van der Waals surface area contributed by atoms with Gasteiger partial charge in [0.15, 0.2) is 6.61 Å². The van der Waals surface area contributed by atoms with Gasteiger partial charge in [-0.05, 0) is 36.8 Å². The minimum absolute atomic E-state index is 0.202. The predicted octanol–water partition coefficient (Wildman–Crippen LogP) is 3.99. The molecule has 0 unspecified atom stereocenters. The molecule has 0 atom stereocenters. The van der Waals surface area contributed by atoms with Gasteiger partial charge >= 0.3 is 0 Å². The summed E-state index contributed by atoms with van der Waals surface area (Å²) in [5, 5.41) is 7.32. The van der Waals surface area contributed by atoms with Gasteiger partial charge in [0, 0.05) is 18.5 Å². The Balaban J connectivity index is 1.54. The first kappa shape index (κ1) is 20.5. The Labute approximate surface area is 178 Å². The van der Waals surface area contributed by atoms with E-state index in [1.165, 1.54) is 12.1 Å². The summed E-state index contributed by atoms with van der Waals surface area (Å²) in [6.07, 6.45) is 0.554. The lowest BCUT2D eigenvalue weighted by molar-refractivity contribution is -0.123. The molecule has 0 aliphatic rings. The Kier molecular flexibility index (Phi) is 5.88. The zero-order chi connectivity index (χ0) is 21.8. The van der Waals surface area contributed by atoms with Gasteiger partial charge in [0.2, 0.25) is 5.88 Å². The third-order valence-corrected chi connectivity index (χ3v) is 4.73. The van der Waals surface area contributed by atoms with Crippen LogP contribution in [0, 0.1) is 12.7 Å². The molecule has 1 amide bonds. The average molecular weight is 420 g/mol. The third-order valence-electron chi connectivity index (χ3n) is 4.73. The molecule has 0 saturated carbocycles. The maximum absolute atomic E-state index is 13.3. The summed E-state index contributed by atoms with van der Waals surface area (Å²) in [5.74, 6) is 0.0604. The smallest absolute Gasteiger partial charge is 0.265 e. The summed E-state index contributed by atoms with van der Waals surface area (Å²) >= 11 is 0. The maximum atomic E-state index is 13.3. The molecule has 0 aliphatic heterocycles. The number of fused-ring (bicyclic) bond motifs is 1. The van der Waals surface area contributed by atoms with E-state index < -0.39 is 0 Å². The van der Waals surface area contributed by atoms with Crippen molar-refractivity contribution < 1.29 is 18.4 Å². The largest absolute Gasteiger partial charge is 0.467 e. The molecule has 1 N–H and O–H groups in total.